The molecule has 0 radical (unpaired) electrons. The van der Waals surface area contributed by atoms with Crippen LogP contribution >= 0.6 is 0 Å². The van der Waals surface area contributed by atoms with Crippen molar-refractivity contribution in [2.75, 3.05) is 5.32 Å². The van der Waals surface area contributed by atoms with Gasteiger partial charge in [-0.15, -0.1) is 0 Å². The highest BCUT2D eigenvalue weighted by Gasteiger charge is 2.14. The van der Waals surface area contributed by atoms with Crippen molar-refractivity contribution in [1.29, 1.82) is 0 Å². The molecule has 1 amide bonds. The van der Waals surface area contributed by atoms with Gasteiger partial charge in [-0.1, -0.05) is 48.5 Å². The van der Waals surface area contributed by atoms with Crippen LogP contribution in [0.4, 0.5) is 10.1 Å². The molecule has 3 rings (SSSR count). The first-order valence-corrected chi connectivity index (χ1v) is 7.26. The number of amides is 1. The largest absolute Gasteiger partial charge is 0.323 e. The number of anilines is 1. The van der Waals surface area contributed by atoms with Crippen LogP contribution in [0.1, 0.15) is 5.56 Å². The Kier molecular flexibility index (Phi) is 4.19. The minimum absolute atomic E-state index is 0.0181. The summed E-state index contributed by atoms with van der Waals surface area (Å²) >= 11 is 0. The van der Waals surface area contributed by atoms with E-state index in [0.29, 0.717) is 11.3 Å². The SMILES string of the molecule is Cn1ncc(NC(=O)Cc2ccccc2F)c1-c1ccccc1. The third-order valence-electron chi connectivity index (χ3n) is 3.57. The molecule has 0 atom stereocenters. The zero-order valence-electron chi connectivity index (χ0n) is 12.7. The first-order valence-electron chi connectivity index (χ1n) is 7.26. The fraction of sp³-hybridized carbons (Fsp3) is 0.111. The van der Waals surface area contributed by atoms with E-state index in [0.717, 1.165) is 11.3 Å². The van der Waals surface area contributed by atoms with Gasteiger partial charge >= 0.3 is 0 Å². The van der Waals surface area contributed by atoms with E-state index in [-0.39, 0.29) is 18.1 Å². The zero-order valence-corrected chi connectivity index (χ0v) is 12.7. The van der Waals surface area contributed by atoms with Crippen LogP contribution < -0.4 is 5.32 Å². The fourth-order valence-electron chi connectivity index (χ4n) is 2.48. The predicted molar refractivity (Wildman–Crippen MR) is 87.4 cm³/mol. The Morgan fingerprint density at radius 2 is 1.83 bits per heavy atom. The maximum absolute atomic E-state index is 13.6. The van der Waals surface area contributed by atoms with Crippen molar-refractivity contribution in [2.24, 2.45) is 7.05 Å². The highest BCUT2D eigenvalue weighted by atomic mass is 19.1. The molecule has 3 aromatic rings. The quantitative estimate of drug-likeness (QED) is 0.803. The van der Waals surface area contributed by atoms with Crippen molar-refractivity contribution in [3.63, 3.8) is 0 Å². The highest BCUT2D eigenvalue weighted by molar-refractivity contribution is 5.95. The van der Waals surface area contributed by atoms with Gasteiger partial charge in [0.25, 0.3) is 0 Å². The molecule has 0 fully saturated rings. The molecule has 1 heterocycles. The number of carbonyl (C=O) groups excluding carboxylic acids is 1. The second kappa shape index (κ2) is 6.44. The summed E-state index contributed by atoms with van der Waals surface area (Å²) in [6.07, 6.45) is 1.58. The lowest BCUT2D eigenvalue weighted by atomic mass is 10.1. The average Bonchev–Trinajstić information content (AvgIpc) is 2.91. The number of hydrogen-bond acceptors (Lipinski definition) is 2. The maximum atomic E-state index is 13.6. The Balaban J connectivity index is 1.81. The summed E-state index contributed by atoms with van der Waals surface area (Å²) in [6.45, 7) is 0. The molecule has 0 aliphatic heterocycles. The summed E-state index contributed by atoms with van der Waals surface area (Å²) < 4.78 is 15.3. The predicted octanol–water partition coefficient (Wildman–Crippen LogP) is 3.41. The van der Waals surface area contributed by atoms with Crippen molar-refractivity contribution in [2.45, 2.75) is 6.42 Å². The standard InChI is InChI=1S/C18H16FN3O/c1-22-18(13-7-3-2-4-8-13)16(12-20-22)21-17(23)11-14-9-5-6-10-15(14)19/h2-10,12H,11H2,1H3,(H,21,23). The number of hydrogen-bond donors (Lipinski definition) is 1. The van der Waals surface area contributed by atoms with E-state index in [1.54, 1.807) is 29.1 Å². The number of halogens is 1. The van der Waals surface area contributed by atoms with Crippen LogP contribution in [0.25, 0.3) is 11.3 Å². The lowest BCUT2D eigenvalue weighted by Crippen LogP contribution is -2.15. The minimum atomic E-state index is -0.378. The molecule has 0 unspecified atom stereocenters. The summed E-state index contributed by atoms with van der Waals surface area (Å²) in [5, 5.41) is 7.02. The summed E-state index contributed by atoms with van der Waals surface area (Å²) in [7, 11) is 1.81. The number of benzene rings is 2. The van der Waals surface area contributed by atoms with Gasteiger partial charge in [-0.3, -0.25) is 9.48 Å². The van der Waals surface area contributed by atoms with Crippen LogP contribution in [0.2, 0.25) is 0 Å². The summed E-state index contributed by atoms with van der Waals surface area (Å²) in [5.41, 5.74) is 2.75. The minimum Gasteiger partial charge on any atom is -0.323 e. The van der Waals surface area contributed by atoms with Crippen molar-refractivity contribution in [3.8, 4) is 11.3 Å². The second-order valence-corrected chi connectivity index (χ2v) is 5.21. The molecule has 0 bridgehead atoms. The number of nitrogens with zero attached hydrogens (tertiary/aromatic N) is 2. The monoisotopic (exact) mass is 309 g/mol. The molecule has 5 heteroatoms. The molecule has 0 saturated carbocycles. The Hall–Kier alpha value is -2.95. The number of aryl methyl sites for hydroxylation is 1. The third-order valence-corrected chi connectivity index (χ3v) is 3.57. The number of aromatic nitrogens is 2. The van der Waals surface area contributed by atoms with Crippen LogP contribution in [0.15, 0.2) is 60.8 Å². The van der Waals surface area contributed by atoms with Gasteiger partial charge in [0.2, 0.25) is 5.91 Å². The fourth-order valence-corrected chi connectivity index (χ4v) is 2.48. The highest BCUT2D eigenvalue weighted by Crippen LogP contribution is 2.27. The van der Waals surface area contributed by atoms with E-state index in [4.69, 9.17) is 0 Å². The van der Waals surface area contributed by atoms with Gasteiger partial charge < -0.3 is 5.32 Å². The lowest BCUT2D eigenvalue weighted by molar-refractivity contribution is -0.115. The van der Waals surface area contributed by atoms with Crippen LogP contribution in [0.3, 0.4) is 0 Å². The van der Waals surface area contributed by atoms with E-state index < -0.39 is 0 Å². The summed E-state index contributed by atoms with van der Waals surface area (Å²) in [4.78, 5) is 12.2. The van der Waals surface area contributed by atoms with Crippen molar-refractivity contribution in [3.05, 3.63) is 72.2 Å². The van der Waals surface area contributed by atoms with Gasteiger partial charge in [0.05, 0.1) is 24.0 Å². The van der Waals surface area contributed by atoms with Gasteiger partial charge in [-0.25, -0.2) is 4.39 Å². The molecule has 4 nitrogen and oxygen atoms in total. The lowest BCUT2D eigenvalue weighted by Gasteiger charge is -2.08. The normalized spacial score (nSPS) is 10.5. The van der Waals surface area contributed by atoms with Crippen LogP contribution in [0, 0.1) is 5.82 Å². The summed E-state index contributed by atoms with van der Waals surface area (Å²) in [5.74, 6) is -0.655. The van der Waals surface area contributed by atoms with Crippen molar-refractivity contribution in [1.82, 2.24) is 9.78 Å². The zero-order chi connectivity index (χ0) is 16.2. The Labute approximate surface area is 133 Å². The van der Waals surface area contributed by atoms with Crippen LogP contribution in [0.5, 0.6) is 0 Å². The van der Waals surface area contributed by atoms with E-state index >= 15 is 0 Å². The van der Waals surface area contributed by atoms with Crippen molar-refractivity contribution >= 4 is 11.6 Å². The van der Waals surface area contributed by atoms with Crippen LogP contribution in [-0.2, 0) is 18.3 Å². The van der Waals surface area contributed by atoms with E-state index in [1.165, 1.54) is 6.07 Å². The molecule has 1 aromatic heterocycles. The molecular formula is C18H16FN3O. The van der Waals surface area contributed by atoms with E-state index in [2.05, 4.69) is 10.4 Å². The van der Waals surface area contributed by atoms with Gasteiger partial charge in [0.1, 0.15) is 5.82 Å². The van der Waals surface area contributed by atoms with Gasteiger partial charge in [0.15, 0.2) is 0 Å². The number of nitrogens with one attached hydrogen (secondary N) is 1. The topological polar surface area (TPSA) is 46.9 Å². The van der Waals surface area contributed by atoms with Crippen LogP contribution in [-0.4, -0.2) is 15.7 Å². The first-order chi connectivity index (χ1) is 11.1. The number of rotatable bonds is 4. The van der Waals surface area contributed by atoms with Crippen molar-refractivity contribution < 1.29 is 9.18 Å². The molecular weight excluding hydrogens is 293 g/mol. The maximum Gasteiger partial charge on any atom is 0.229 e. The van der Waals surface area contributed by atoms with Gasteiger partial charge in [0, 0.05) is 12.6 Å². The summed E-state index contributed by atoms with van der Waals surface area (Å²) in [6, 6.07) is 15.9. The Morgan fingerprint density at radius 1 is 1.13 bits per heavy atom. The van der Waals surface area contributed by atoms with E-state index in [1.807, 2.05) is 37.4 Å². The average molecular weight is 309 g/mol. The smallest absolute Gasteiger partial charge is 0.229 e. The molecule has 116 valence electrons. The Bertz CT molecular complexity index is 827. The first kappa shape index (κ1) is 15.0. The number of carbonyl (C=O) groups is 1. The molecule has 23 heavy (non-hydrogen) atoms. The Morgan fingerprint density at radius 3 is 2.57 bits per heavy atom. The molecule has 1 N–H and O–H groups in total. The van der Waals surface area contributed by atoms with Gasteiger partial charge in [-0.05, 0) is 11.6 Å². The van der Waals surface area contributed by atoms with Gasteiger partial charge in [-0.2, -0.15) is 5.10 Å². The second-order valence-electron chi connectivity index (χ2n) is 5.21. The molecule has 0 aliphatic rings. The molecule has 2 aromatic carbocycles. The molecule has 0 aliphatic carbocycles. The molecule has 0 saturated heterocycles. The molecule has 0 spiro atoms. The third kappa shape index (κ3) is 3.29. The van der Waals surface area contributed by atoms with E-state index in [9.17, 15) is 9.18 Å².